The molecule has 0 aliphatic heterocycles. The Kier molecular flexibility index (Phi) is 5.05. The standard InChI is InChI=1S/C19H19ClN4O/c1-12-10-14(20)4-9-17(12)23-19-21-13(2)11-18(24-19)22-15-5-7-16(25-3)8-6-15/h4-11H,1-3H3,(H2,21,22,23,24). The number of anilines is 4. The number of hydrogen-bond acceptors (Lipinski definition) is 5. The van der Waals surface area contributed by atoms with Crippen molar-refractivity contribution in [1.29, 1.82) is 0 Å². The third kappa shape index (κ3) is 4.39. The summed E-state index contributed by atoms with van der Waals surface area (Å²) < 4.78 is 5.17. The monoisotopic (exact) mass is 354 g/mol. The first-order valence-electron chi connectivity index (χ1n) is 7.83. The van der Waals surface area contributed by atoms with E-state index in [0.717, 1.165) is 28.4 Å². The zero-order valence-corrected chi connectivity index (χ0v) is 15.1. The Hall–Kier alpha value is -2.79. The Labute approximate surface area is 152 Å². The van der Waals surface area contributed by atoms with Crippen LogP contribution in [0.1, 0.15) is 11.3 Å². The van der Waals surface area contributed by atoms with Gasteiger partial charge in [0, 0.05) is 28.2 Å². The van der Waals surface area contributed by atoms with Crippen LogP contribution in [0, 0.1) is 13.8 Å². The van der Waals surface area contributed by atoms with Gasteiger partial charge in [0.05, 0.1) is 7.11 Å². The molecule has 0 aliphatic rings. The van der Waals surface area contributed by atoms with Gasteiger partial charge in [0.1, 0.15) is 11.6 Å². The molecular formula is C19H19ClN4O. The normalized spacial score (nSPS) is 10.4. The Morgan fingerprint density at radius 1 is 0.920 bits per heavy atom. The van der Waals surface area contributed by atoms with Gasteiger partial charge in [-0.1, -0.05) is 11.6 Å². The highest BCUT2D eigenvalue weighted by Crippen LogP contribution is 2.24. The van der Waals surface area contributed by atoms with E-state index in [2.05, 4.69) is 20.6 Å². The molecule has 0 saturated carbocycles. The number of benzene rings is 2. The topological polar surface area (TPSA) is 59.1 Å². The van der Waals surface area contributed by atoms with Crippen LogP contribution in [0.15, 0.2) is 48.5 Å². The highest BCUT2D eigenvalue weighted by Gasteiger charge is 2.06. The van der Waals surface area contributed by atoms with E-state index in [0.29, 0.717) is 16.8 Å². The van der Waals surface area contributed by atoms with E-state index in [1.165, 1.54) is 0 Å². The maximum Gasteiger partial charge on any atom is 0.229 e. The summed E-state index contributed by atoms with van der Waals surface area (Å²) in [5, 5.41) is 7.23. The van der Waals surface area contributed by atoms with Crippen molar-refractivity contribution in [2.24, 2.45) is 0 Å². The van der Waals surface area contributed by atoms with E-state index < -0.39 is 0 Å². The van der Waals surface area contributed by atoms with E-state index in [1.54, 1.807) is 7.11 Å². The van der Waals surface area contributed by atoms with E-state index in [9.17, 15) is 0 Å². The quantitative estimate of drug-likeness (QED) is 0.656. The zero-order valence-electron chi connectivity index (χ0n) is 14.3. The number of nitrogens with zero attached hydrogens (tertiary/aromatic N) is 2. The molecule has 0 fully saturated rings. The summed E-state index contributed by atoms with van der Waals surface area (Å²) in [6.45, 7) is 3.92. The van der Waals surface area contributed by atoms with Crippen molar-refractivity contribution in [3.05, 3.63) is 64.8 Å². The molecule has 5 nitrogen and oxygen atoms in total. The fourth-order valence-electron chi connectivity index (χ4n) is 2.40. The average Bonchev–Trinajstić information content (AvgIpc) is 2.58. The summed E-state index contributed by atoms with van der Waals surface area (Å²) in [6.07, 6.45) is 0. The van der Waals surface area contributed by atoms with Crippen LogP contribution in [0.4, 0.5) is 23.1 Å². The Morgan fingerprint density at radius 2 is 1.68 bits per heavy atom. The second kappa shape index (κ2) is 7.40. The molecule has 2 aromatic carbocycles. The van der Waals surface area contributed by atoms with Gasteiger partial charge in [-0.2, -0.15) is 4.98 Å². The first kappa shape index (κ1) is 17.0. The Morgan fingerprint density at radius 3 is 2.36 bits per heavy atom. The molecule has 0 saturated heterocycles. The molecule has 3 rings (SSSR count). The van der Waals surface area contributed by atoms with Gasteiger partial charge in [-0.3, -0.25) is 0 Å². The predicted octanol–water partition coefficient (Wildman–Crippen LogP) is 5.24. The van der Waals surface area contributed by atoms with Crippen molar-refractivity contribution in [3.63, 3.8) is 0 Å². The number of methoxy groups -OCH3 is 1. The third-order valence-corrected chi connectivity index (χ3v) is 3.89. The molecule has 0 aliphatic carbocycles. The van der Waals surface area contributed by atoms with Crippen LogP contribution in [0.3, 0.4) is 0 Å². The minimum Gasteiger partial charge on any atom is -0.497 e. The van der Waals surface area contributed by atoms with Crippen LogP contribution in [0.2, 0.25) is 5.02 Å². The summed E-state index contributed by atoms with van der Waals surface area (Å²) in [7, 11) is 1.65. The molecule has 2 N–H and O–H groups in total. The van der Waals surface area contributed by atoms with Gasteiger partial charge >= 0.3 is 0 Å². The van der Waals surface area contributed by atoms with Gasteiger partial charge in [-0.15, -0.1) is 0 Å². The maximum atomic E-state index is 6.00. The van der Waals surface area contributed by atoms with E-state index in [-0.39, 0.29) is 0 Å². The van der Waals surface area contributed by atoms with Crippen LogP contribution in [-0.2, 0) is 0 Å². The molecule has 6 heteroatoms. The van der Waals surface area contributed by atoms with Gasteiger partial charge < -0.3 is 15.4 Å². The van der Waals surface area contributed by atoms with Gasteiger partial charge in [0.25, 0.3) is 0 Å². The second-order valence-corrected chi connectivity index (χ2v) is 6.09. The molecule has 1 aromatic heterocycles. The predicted molar refractivity (Wildman–Crippen MR) is 103 cm³/mol. The maximum absolute atomic E-state index is 6.00. The van der Waals surface area contributed by atoms with Crippen molar-refractivity contribution in [1.82, 2.24) is 9.97 Å². The van der Waals surface area contributed by atoms with Crippen LogP contribution < -0.4 is 15.4 Å². The van der Waals surface area contributed by atoms with Gasteiger partial charge in [-0.25, -0.2) is 4.98 Å². The summed E-state index contributed by atoms with van der Waals surface area (Å²) in [5.74, 6) is 2.05. The number of halogens is 1. The first-order valence-corrected chi connectivity index (χ1v) is 8.21. The lowest BCUT2D eigenvalue weighted by molar-refractivity contribution is 0.415. The van der Waals surface area contributed by atoms with Crippen molar-refractivity contribution in [3.8, 4) is 5.75 Å². The lowest BCUT2D eigenvalue weighted by Gasteiger charge is -2.12. The molecule has 0 unspecified atom stereocenters. The second-order valence-electron chi connectivity index (χ2n) is 5.66. The van der Waals surface area contributed by atoms with E-state index in [4.69, 9.17) is 16.3 Å². The van der Waals surface area contributed by atoms with Gasteiger partial charge in [0.2, 0.25) is 5.95 Å². The molecule has 128 valence electrons. The number of ether oxygens (including phenoxy) is 1. The summed E-state index contributed by atoms with van der Waals surface area (Å²) in [6, 6.07) is 15.2. The van der Waals surface area contributed by atoms with Crippen LogP contribution in [0.5, 0.6) is 5.75 Å². The lowest BCUT2D eigenvalue weighted by Crippen LogP contribution is -2.03. The first-order chi connectivity index (χ1) is 12.0. The van der Waals surface area contributed by atoms with Crippen molar-refractivity contribution < 1.29 is 4.74 Å². The van der Waals surface area contributed by atoms with Gasteiger partial charge in [-0.05, 0) is 61.9 Å². The molecule has 0 atom stereocenters. The largest absolute Gasteiger partial charge is 0.497 e. The molecule has 0 radical (unpaired) electrons. The van der Waals surface area contributed by atoms with Crippen LogP contribution >= 0.6 is 11.6 Å². The molecule has 0 amide bonds. The third-order valence-electron chi connectivity index (χ3n) is 3.65. The van der Waals surface area contributed by atoms with E-state index in [1.807, 2.05) is 62.4 Å². The molecule has 25 heavy (non-hydrogen) atoms. The fourth-order valence-corrected chi connectivity index (χ4v) is 2.63. The number of nitrogens with one attached hydrogen (secondary N) is 2. The van der Waals surface area contributed by atoms with Crippen molar-refractivity contribution in [2.75, 3.05) is 17.7 Å². The number of aryl methyl sites for hydroxylation is 2. The Balaban J connectivity index is 1.82. The van der Waals surface area contributed by atoms with Gasteiger partial charge in [0.15, 0.2) is 0 Å². The minimum absolute atomic E-state index is 0.529. The average molecular weight is 355 g/mol. The molecule has 3 aromatic rings. The molecular weight excluding hydrogens is 336 g/mol. The minimum atomic E-state index is 0.529. The van der Waals surface area contributed by atoms with Crippen LogP contribution in [0.25, 0.3) is 0 Å². The number of aromatic nitrogens is 2. The molecule has 0 spiro atoms. The highest BCUT2D eigenvalue weighted by atomic mass is 35.5. The highest BCUT2D eigenvalue weighted by molar-refractivity contribution is 6.30. The fraction of sp³-hybridized carbons (Fsp3) is 0.158. The molecule has 1 heterocycles. The summed E-state index contributed by atoms with van der Waals surface area (Å²) in [5.41, 5.74) is 3.74. The lowest BCUT2D eigenvalue weighted by atomic mass is 10.2. The van der Waals surface area contributed by atoms with E-state index >= 15 is 0 Å². The SMILES string of the molecule is COc1ccc(Nc2cc(C)nc(Nc3ccc(Cl)cc3C)n2)cc1. The molecule has 0 bridgehead atoms. The summed E-state index contributed by atoms with van der Waals surface area (Å²) in [4.78, 5) is 8.98. The summed E-state index contributed by atoms with van der Waals surface area (Å²) >= 11 is 6.00. The Bertz CT molecular complexity index is 881. The smallest absolute Gasteiger partial charge is 0.229 e. The van der Waals surface area contributed by atoms with Crippen molar-refractivity contribution >= 4 is 34.7 Å². The zero-order chi connectivity index (χ0) is 17.8. The number of rotatable bonds is 5. The van der Waals surface area contributed by atoms with Crippen molar-refractivity contribution in [2.45, 2.75) is 13.8 Å². The number of hydrogen-bond donors (Lipinski definition) is 2. The van der Waals surface area contributed by atoms with Crippen LogP contribution in [-0.4, -0.2) is 17.1 Å².